The Hall–Kier alpha value is -4.42. The van der Waals surface area contributed by atoms with Crippen molar-refractivity contribution in [2.45, 2.75) is 26.0 Å². The van der Waals surface area contributed by atoms with Crippen LogP contribution in [0, 0.1) is 5.82 Å². The summed E-state index contributed by atoms with van der Waals surface area (Å²) >= 11 is 0. The Labute approximate surface area is 224 Å². The standard InChI is InChI=1S/C26H30FN5O7/c1-3-37-26(36)38-16-20-15-32(25(35)39-20)19-6-7-22(21(27)13-19)30-9-11-31(12-10-30)24(34)17(2)29-23(33)18-5-4-8-28-14-18/h4-8,13-14,17,20H,3,9-12,15-16H2,1-2H3,(H,29,33)/t17-,20+/m0/s1. The first-order chi connectivity index (χ1) is 18.8. The number of hydrogen-bond acceptors (Lipinski definition) is 9. The number of carbonyl (C=O) groups is 4. The van der Waals surface area contributed by atoms with E-state index in [9.17, 15) is 19.2 Å². The molecular weight excluding hydrogens is 513 g/mol. The Morgan fingerprint density at radius 1 is 1.18 bits per heavy atom. The van der Waals surface area contributed by atoms with Gasteiger partial charge in [0.15, 0.2) is 6.10 Å². The normalized spacial score (nSPS) is 17.9. The maximum Gasteiger partial charge on any atom is 0.508 e. The predicted octanol–water partition coefficient (Wildman–Crippen LogP) is 2.19. The van der Waals surface area contributed by atoms with Crippen molar-refractivity contribution < 1.29 is 37.8 Å². The van der Waals surface area contributed by atoms with Crippen LogP contribution in [0.3, 0.4) is 0 Å². The van der Waals surface area contributed by atoms with Gasteiger partial charge >= 0.3 is 12.2 Å². The van der Waals surface area contributed by atoms with Crippen molar-refractivity contribution in [2.24, 2.45) is 0 Å². The van der Waals surface area contributed by atoms with Crippen molar-refractivity contribution >= 4 is 35.4 Å². The van der Waals surface area contributed by atoms with Gasteiger partial charge in [-0.1, -0.05) is 0 Å². The summed E-state index contributed by atoms with van der Waals surface area (Å²) in [5, 5.41) is 2.69. The van der Waals surface area contributed by atoms with Crippen LogP contribution in [0.25, 0.3) is 0 Å². The van der Waals surface area contributed by atoms with Crippen molar-refractivity contribution in [2.75, 3.05) is 55.7 Å². The molecular formula is C26H30FN5O7. The second-order valence-electron chi connectivity index (χ2n) is 9.00. The molecule has 0 bridgehead atoms. The van der Waals surface area contributed by atoms with Crippen LogP contribution in [0.4, 0.5) is 25.4 Å². The summed E-state index contributed by atoms with van der Waals surface area (Å²) in [6.07, 6.45) is 0.760. The molecule has 2 fully saturated rings. The Morgan fingerprint density at radius 2 is 1.95 bits per heavy atom. The first-order valence-corrected chi connectivity index (χ1v) is 12.6. The van der Waals surface area contributed by atoms with Gasteiger partial charge in [-0.3, -0.25) is 19.5 Å². The zero-order chi connectivity index (χ0) is 27.9. The molecule has 2 aromatic rings. The summed E-state index contributed by atoms with van der Waals surface area (Å²) in [6.45, 7) is 4.85. The third-order valence-electron chi connectivity index (χ3n) is 6.34. The molecule has 1 N–H and O–H groups in total. The van der Waals surface area contributed by atoms with Crippen molar-refractivity contribution in [3.8, 4) is 0 Å². The molecule has 4 rings (SSSR count). The quantitative estimate of drug-likeness (QED) is 0.498. The Balaban J connectivity index is 1.29. The predicted molar refractivity (Wildman–Crippen MR) is 137 cm³/mol. The Morgan fingerprint density at radius 3 is 2.62 bits per heavy atom. The lowest BCUT2D eigenvalue weighted by Gasteiger charge is -2.37. The monoisotopic (exact) mass is 543 g/mol. The van der Waals surface area contributed by atoms with Gasteiger partial charge < -0.3 is 29.3 Å². The number of amides is 3. The van der Waals surface area contributed by atoms with Crippen molar-refractivity contribution in [3.05, 3.63) is 54.1 Å². The third kappa shape index (κ3) is 6.72. The fourth-order valence-electron chi connectivity index (χ4n) is 4.34. The van der Waals surface area contributed by atoms with Crippen LogP contribution in [-0.2, 0) is 19.0 Å². The smallest absolute Gasteiger partial charge is 0.440 e. The second-order valence-corrected chi connectivity index (χ2v) is 9.00. The number of benzene rings is 1. The molecule has 3 amide bonds. The van der Waals surface area contributed by atoms with Gasteiger partial charge in [-0.15, -0.1) is 0 Å². The lowest BCUT2D eigenvalue weighted by Crippen LogP contribution is -2.54. The molecule has 3 heterocycles. The van der Waals surface area contributed by atoms with E-state index >= 15 is 4.39 Å². The van der Waals surface area contributed by atoms with Gasteiger partial charge in [-0.2, -0.15) is 0 Å². The minimum Gasteiger partial charge on any atom is -0.440 e. The summed E-state index contributed by atoms with van der Waals surface area (Å²) < 4.78 is 29.9. The summed E-state index contributed by atoms with van der Waals surface area (Å²) in [4.78, 5) is 57.5. The maximum atomic E-state index is 15.1. The number of hydrogen-bond donors (Lipinski definition) is 1. The summed E-state index contributed by atoms with van der Waals surface area (Å²) in [6, 6.07) is 6.97. The number of ether oxygens (including phenoxy) is 3. The molecule has 39 heavy (non-hydrogen) atoms. The minimum absolute atomic E-state index is 0.0906. The van der Waals surface area contributed by atoms with E-state index in [4.69, 9.17) is 9.47 Å². The number of nitrogens with one attached hydrogen (secondary N) is 1. The molecule has 0 radical (unpaired) electrons. The van der Waals surface area contributed by atoms with E-state index in [1.165, 1.54) is 17.2 Å². The molecule has 0 spiro atoms. The zero-order valence-electron chi connectivity index (χ0n) is 21.7. The van der Waals surface area contributed by atoms with Gasteiger partial charge in [-0.25, -0.2) is 14.0 Å². The van der Waals surface area contributed by atoms with Gasteiger partial charge in [0.2, 0.25) is 5.91 Å². The van der Waals surface area contributed by atoms with E-state index in [-0.39, 0.29) is 31.6 Å². The average molecular weight is 544 g/mol. The highest BCUT2D eigenvalue weighted by atomic mass is 19.1. The lowest BCUT2D eigenvalue weighted by atomic mass is 10.2. The summed E-state index contributed by atoms with van der Waals surface area (Å²) in [7, 11) is 0. The van der Waals surface area contributed by atoms with Crippen LogP contribution in [0.2, 0.25) is 0 Å². The van der Waals surface area contributed by atoms with Crippen LogP contribution < -0.4 is 15.1 Å². The average Bonchev–Trinajstić information content (AvgIpc) is 3.32. The van der Waals surface area contributed by atoms with Crippen molar-refractivity contribution in [1.29, 1.82) is 0 Å². The van der Waals surface area contributed by atoms with Crippen LogP contribution in [0.1, 0.15) is 24.2 Å². The van der Waals surface area contributed by atoms with E-state index in [0.717, 1.165) is 0 Å². The molecule has 2 aliphatic heterocycles. The second kappa shape index (κ2) is 12.4. The highest BCUT2D eigenvalue weighted by Crippen LogP contribution is 2.28. The van der Waals surface area contributed by atoms with E-state index < -0.39 is 30.2 Å². The SMILES string of the molecule is CCOC(=O)OC[C@H]1CN(c2ccc(N3CCN(C(=O)[C@H](C)NC(=O)c4cccnc4)CC3)c(F)c2)C(=O)O1. The van der Waals surface area contributed by atoms with Crippen LogP contribution in [0.5, 0.6) is 0 Å². The highest BCUT2D eigenvalue weighted by molar-refractivity contribution is 5.97. The minimum atomic E-state index is -0.854. The molecule has 0 aliphatic carbocycles. The van der Waals surface area contributed by atoms with E-state index in [1.807, 2.05) is 4.90 Å². The largest absolute Gasteiger partial charge is 0.508 e. The van der Waals surface area contributed by atoms with Gasteiger partial charge in [0.05, 0.1) is 30.1 Å². The van der Waals surface area contributed by atoms with Crippen LogP contribution in [0.15, 0.2) is 42.7 Å². The number of anilines is 2. The number of nitrogens with zero attached hydrogens (tertiary/aromatic N) is 4. The number of rotatable bonds is 8. The van der Waals surface area contributed by atoms with Gasteiger partial charge in [0, 0.05) is 38.6 Å². The molecule has 2 atom stereocenters. The Bertz CT molecular complexity index is 1210. The van der Waals surface area contributed by atoms with Gasteiger partial charge in [0.25, 0.3) is 5.91 Å². The third-order valence-corrected chi connectivity index (χ3v) is 6.34. The van der Waals surface area contributed by atoms with Gasteiger partial charge in [-0.05, 0) is 44.2 Å². The van der Waals surface area contributed by atoms with Crippen LogP contribution in [-0.4, -0.2) is 92.0 Å². The fraction of sp³-hybridized carbons (Fsp3) is 0.423. The van der Waals surface area contributed by atoms with Crippen LogP contribution >= 0.6 is 0 Å². The topological polar surface area (TPSA) is 131 Å². The number of pyridine rings is 1. The van der Waals surface area contributed by atoms with Crippen molar-refractivity contribution in [1.82, 2.24) is 15.2 Å². The number of aromatic nitrogens is 1. The first-order valence-electron chi connectivity index (χ1n) is 12.6. The fourth-order valence-corrected chi connectivity index (χ4v) is 4.34. The summed E-state index contributed by atoms with van der Waals surface area (Å²) in [5.41, 5.74) is 1.02. The number of halogens is 1. The summed E-state index contributed by atoms with van der Waals surface area (Å²) in [5.74, 6) is -1.13. The number of cyclic esters (lactones) is 1. The van der Waals surface area contributed by atoms with E-state index in [1.54, 1.807) is 49.2 Å². The molecule has 13 heteroatoms. The first kappa shape index (κ1) is 27.6. The van der Waals surface area contributed by atoms with E-state index in [2.05, 4.69) is 15.0 Å². The van der Waals surface area contributed by atoms with Crippen molar-refractivity contribution in [3.63, 3.8) is 0 Å². The zero-order valence-corrected chi connectivity index (χ0v) is 21.7. The molecule has 0 unspecified atom stereocenters. The molecule has 12 nitrogen and oxygen atoms in total. The lowest BCUT2D eigenvalue weighted by molar-refractivity contribution is -0.133. The Kier molecular flexibility index (Phi) is 8.79. The van der Waals surface area contributed by atoms with Gasteiger partial charge in [0.1, 0.15) is 18.5 Å². The maximum absolute atomic E-state index is 15.1. The highest BCUT2D eigenvalue weighted by Gasteiger charge is 2.34. The molecule has 208 valence electrons. The molecule has 1 aromatic heterocycles. The molecule has 2 saturated heterocycles. The number of carbonyl (C=O) groups excluding carboxylic acids is 4. The molecule has 1 aromatic carbocycles. The molecule has 2 aliphatic rings. The molecule has 0 saturated carbocycles. The van der Waals surface area contributed by atoms with E-state index in [0.29, 0.717) is 43.1 Å². The number of piperazine rings is 1.